The van der Waals surface area contributed by atoms with Crippen molar-refractivity contribution < 1.29 is 19.1 Å². The average molecular weight is 430 g/mol. The third-order valence-corrected chi connectivity index (χ3v) is 7.22. The minimum Gasteiger partial charge on any atom is -0.496 e. The second-order valence-electron chi connectivity index (χ2n) is 9.06. The molecule has 0 spiro atoms. The van der Waals surface area contributed by atoms with Gasteiger partial charge in [0.25, 0.3) is 0 Å². The summed E-state index contributed by atoms with van der Waals surface area (Å²) in [4.78, 5) is 28.5. The number of anilines is 1. The van der Waals surface area contributed by atoms with Crippen LogP contribution in [0.2, 0.25) is 0 Å². The quantitative estimate of drug-likeness (QED) is 0.766. The van der Waals surface area contributed by atoms with Crippen LogP contribution in [0.1, 0.15) is 63.9 Å². The van der Waals surface area contributed by atoms with Crippen LogP contribution in [0.25, 0.3) is 0 Å². The number of methoxy groups -OCH3 is 1. The van der Waals surface area contributed by atoms with Gasteiger partial charge in [-0.1, -0.05) is 0 Å². The largest absolute Gasteiger partial charge is 0.496 e. The van der Waals surface area contributed by atoms with E-state index in [1.54, 1.807) is 7.11 Å². The first kappa shape index (κ1) is 21.9. The van der Waals surface area contributed by atoms with Crippen molar-refractivity contribution in [3.05, 3.63) is 23.8 Å². The Bertz CT molecular complexity index is 792. The van der Waals surface area contributed by atoms with Gasteiger partial charge in [0.05, 0.1) is 13.7 Å². The smallest absolute Gasteiger partial charge is 0.410 e. The predicted octanol–water partition coefficient (Wildman–Crippen LogP) is 3.98. The van der Waals surface area contributed by atoms with Gasteiger partial charge in [-0.2, -0.15) is 0 Å². The molecule has 7 nitrogen and oxygen atoms in total. The van der Waals surface area contributed by atoms with Crippen molar-refractivity contribution >= 4 is 17.7 Å². The van der Waals surface area contributed by atoms with Gasteiger partial charge < -0.3 is 24.6 Å². The number of nitrogens with one attached hydrogen (secondary N) is 1. The Morgan fingerprint density at radius 1 is 1.06 bits per heavy atom. The fourth-order valence-electron chi connectivity index (χ4n) is 5.85. The molecule has 2 bridgehead atoms. The van der Waals surface area contributed by atoms with Crippen LogP contribution < -0.4 is 10.1 Å². The van der Waals surface area contributed by atoms with Crippen molar-refractivity contribution in [2.45, 2.75) is 76.4 Å². The van der Waals surface area contributed by atoms with Crippen LogP contribution >= 0.6 is 0 Å². The number of piperidine rings is 2. The minimum absolute atomic E-state index is 0.0604. The molecule has 3 aliphatic heterocycles. The summed E-state index contributed by atoms with van der Waals surface area (Å²) in [6, 6.07) is 7.13. The molecular formula is C24H35N3O4. The first-order chi connectivity index (χ1) is 15.0. The van der Waals surface area contributed by atoms with Crippen LogP contribution in [-0.2, 0) is 9.53 Å². The summed E-state index contributed by atoms with van der Waals surface area (Å²) in [6.07, 6.45) is 6.34. The summed E-state index contributed by atoms with van der Waals surface area (Å²) in [5.74, 6) is 1.26. The number of nitrogens with zero attached hydrogens (tertiary/aromatic N) is 2. The number of fused-ring (bicyclic) bond motifs is 2. The first-order valence-corrected chi connectivity index (χ1v) is 11.6. The fourth-order valence-corrected chi connectivity index (χ4v) is 5.85. The van der Waals surface area contributed by atoms with E-state index in [4.69, 9.17) is 9.47 Å². The predicted molar refractivity (Wildman–Crippen MR) is 120 cm³/mol. The summed E-state index contributed by atoms with van der Waals surface area (Å²) < 4.78 is 10.9. The molecule has 4 rings (SSSR count). The lowest BCUT2D eigenvalue weighted by Gasteiger charge is -2.45. The van der Waals surface area contributed by atoms with Gasteiger partial charge in [-0.3, -0.25) is 4.79 Å². The lowest BCUT2D eigenvalue weighted by Crippen LogP contribution is -2.53. The van der Waals surface area contributed by atoms with Crippen molar-refractivity contribution in [2.24, 2.45) is 0 Å². The van der Waals surface area contributed by atoms with Gasteiger partial charge in [0, 0.05) is 30.7 Å². The van der Waals surface area contributed by atoms with E-state index in [0.717, 1.165) is 63.1 Å². The Hall–Kier alpha value is -2.28. The number of rotatable bonds is 5. The molecule has 3 fully saturated rings. The van der Waals surface area contributed by atoms with Crippen molar-refractivity contribution in [2.75, 3.05) is 32.1 Å². The van der Waals surface area contributed by atoms with E-state index in [2.05, 4.69) is 16.3 Å². The normalized spacial score (nSPS) is 26.5. The van der Waals surface area contributed by atoms with Crippen LogP contribution in [0.3, 0.4) is 0 Å². The van der Waals surface area contributed by atoms with Gasteiger partial charge >= 0.3 is 6.09 Å². The molecule has 3 heterocycles. The second kappa shape index (κ2) is 9.47. The van der Waals surface area contributed by atoms with E-state index in [1.807, 2.05) is 24.0 Å². The third kappa shape index (κ3) is 4.66. The fraction of sp³-hybridized carbons (Fsp3) is 0.667. The molecule has 1 aromatic carbocycles. The number of likely N-dealkylation sites (tertiary alicyclic amines) is 1. The molecule has 31 heavy (non-hydrogen) atoms. The highest BCUT2D eigenvalue weighted by Crippen LogP contribution is 2.41. The highest BCUT2D eigenvalue weighted by molar-refractivity contribution is 5.88. The molecule has 1 N–H and O–H groups in total. The number of hydrogen-bond acceptors (Lipinski definition) is 5. The monoisotopic (exact) mass is 429 g/mol. The van der Waals surface area contributed by atoms with Gasteiger partial charge in [0.1, 0.15) is 5.75 Å². The van der Waals surface area contributed by atoms with E-state index in [0.29, 0.717) is 30.7 Å². The Morgan fingerprint density at radius 2 is 1.74 bits per heavy atom. The summed E-state index contributed by atoms with van der Waals surface area (Å²) in [5.41, 5.74) is 2.01. The molecule has 3 aliphatic rings. The first-order valence-electron chi connectivity index (χ1n) is 11.6. The average Bonchev–Trinajstić information content (AvgIpc) is 3.03. The van der Waals surface area contributed by atoms with Gasteiger partial charge in [0.15, 0.2) is 0 Å². The molecule has 0 saturated carbocycles. The zero-order valence-electron chi connectivity index (χ0n) is 18.9. The molecule has 3 saturated heterocycles. The zero-order chi connectivity index (χ0) is 22.0. The summed E-state index contributed by atoms with van der Waals surface area (Å²) in [5, 5.41) is 2.89. The highest BCUT2D eigenvalue weighted by atomic mass is 16.6. The summed E-state index contributed by atoms with van der Waals surface area (Å²) in [6.45, 7) is 5.96. The molecule has 170 valence electrons. The van der Waals surface area contributed by atoms with E-state index in [1.165, 1.54) is 12.5 Å². The minimum atomic E-state index is -0.127. The zero-order valence-corrected chi connectivity index (χ0v) is 18.9. The number of carbonyl (C=O) groups is 2. The Morgan fingerprint density at radius 3 is 2.32 bits per heavy atom. The van der Waals surface area contributed by atoms with Crippen molar-refractivity contribution in [1.29, 1.82) is 0 Å². The van der Waals surface area contributed by atoms with Crippen LogP contribution in [0.15, 0.2) is 18.2 Å². The Balaban J connectivity index is 1.38. The molecule has 2 atom stereocenters. The maximum Gasteiger partial charge on any atom is 0.410 e. The second-order valence-corrected chi connectivity index (χ2v) is 9.06. The summed E-state index contributed by atoms with van der Waals surface area (Å²) >= 11 is 0. The number of benzene rings is 1. The molecule has 0 aliphatic carbocycles. The van der Waals surface area contributed by atoms with E-state index >= 15 is 0 Å². The molecular weight excluding hydrogens is 394 g/mol. The molecule has 7 heteroatoms. The van der Waals surface area contributed by atoms with E-state index in [-0.39, 0.29) is 12.0 Å². The van der Waals surface area contributed by atoms with Crippen molar-refractivity contribution in [1.82, 2.24) is 9.80 Å². The maximum absolute atomic E-state index is 12.3. The Labute approximate surface area is 185 Å². The SMILES string of the molecule is CCOC(=O)N1[C@@H]2CC[C@@H]1CC(N1CCC(c3cc(NC(C)=O)ccc3OC)CC1)C2. The highest BCUT2D eigenvalue weighted by Gasteiger charge is 2.45. The standard InChI is InChI=1S/C24H35N3O4/c1-4-31-24(29)27-19-6-7-20(27)15-21(14-19)26-11-9-17(10-12-26)22-13-18(25-16(2)28)5-8-23(22)30-3/h5,8,13,17,19-21H,4,6-7,9-12,14-15H2,1-3H3,(H,25,28)/t19-,20-/m1/s1. The molecule has 1 aromatic rings. The number of amides is 2. The van der Waals surface area contributed by atoms with Crippen LogP contribution in [0.5, 0.6) is 5.75 Å². The summed E-state index contributed by atoms with van der Waals surface area (Å²) in [7, 11) is 1.71. The number of carbonyl (C=O) groups excluding carboxylic acids is 2. The maximum atomic E-state index is 12.3. The molecule has 2 amide bonds. The molecule has 0 radical (unpaired) electrons. The lowest BCUT2D eigenvalue weighted by molar-refractivity contribution is -0.114. The van der Waals surface area contributed by atoms with Crippen LogP contribution in [-0.4, -0.2) is 66.7 Å². The topological polar surface area (TPSA) is 71.1 Å². The number of ether oxygens (including phenoxy) is 2. The molecule has 0 unspecified atom stereocenters. The van der Waals surface area contributed by atoms with Gasteiger partial charge in [-0.05, 0) is 88.2 Å². The third-order valence-electron chi connectivity index (χ3n) is 7.22. The van der Waals surface area contributed by atoms with E-state index in [9.17, 15) is 9.59 Å². The molecule has 0 aromatic heterocycles. The Kier molecular flexibility index (Phi) is 6.70. The van der Waals surface area contributed by atoms with Crippen LogP contribution in [0, 0.1) is 0 Å². The van der Waals surface area contributed by atoms with Crippen molar-refractivity contribution in [3.63, 3.8) is 0 Å². The van der Waals surface area contributed by atoms with Crippen molar-refractivity contribution in [3.8, 4) is 5.75 Å². The van der Waals surface area contributed by atoms with Gasteiger partial charge in [-0.25, -0.2) is 4.79 Å². The van der Waals surface area contributed by atoms with E-state index < -0.39 is 0 Å². The number of hydrogen-bond donors (Lipinski definition) is 1. The van der Waals surface area contributed by atoms with Crippen LogP contribution in [0.4, 0.5) is 10.5 Å². The van der Waals surface area contributed by atoms with Gasteiger partial charge in [0.2, 0.25) is 5.91 Å². The van der Waals surface area contributed by atoms with Gasteiger partial charge in [-0.15, -0.1) is 0 Å². The lowest BCUT2D eigenvalue weighted by atomic mass is 9.86.